The molecule has 0 saturated heterocycles. The third kappa shape index (κ3) is 2.84. The standard InChI is InChI=1S/C21H32O3/c1-6-21(5)8-7-16-17-11-19(24-14(4)22)18(23)10-15(17)9-12(2)20(16)13(21)3/h10,12-13,16-17,19-20H,6-9,11H2,1-5H3/t12-,13?,16-,17+,19?,20+,21+/m1/s1. The van der Waals surface area contributed by atoms with E-state index in [0.717, 1.165) is 12.3 Å². The number of rotatable bonds is 2. The summed E-state index contributed by atoms with van der Waals surface area (Å²) in [5, 5.41) is 0. The predicted octanol–water partition coefficient (Wildman–Crippen LogP) is 4.55. The van der Waals surface area contributed by atoms with Gasteiger partial charge in [-0.15, -0.1) is 0 Å². The van der Waals surface area contributed by atoms with Gasteiger partial charge >= 0.3 is 5.97 Å². The summed E-state index contributed by atoms with van der Waals surface area (Å²) in [5.41, 5.74) is 1.76. The van der Waals surface area contributed by atoms with E-state index in [1.165, 1.54) is 31.8 Å². The van der Waals surface area contributed by atoms with Gasteiger partial charge in [-0.25, -0.2) is 0 Å². The van der Waals surface area contributed by atoms with Gasteiger partial charge in [-0.3, -0.25) is 9.59 Å². The maximum atomic E-state index is 12.3. The molecule has 134 valence electrons. The second-order valence-corrected chi connectivity index (χ2v) is 8.82. The van der Waals surface area contributed by atoms with Crippen molar-refractivity contribution in [3.8, 4) is 0 Å². The largest absolute Gasteiger partial charge is 0.454 e. The Morgan fingerprint density at radius 2 is 2.08 bits per heavy atom. The highest BCUT2D eigenvalue weighted by atomic mass is 16.5. The van der Waals surface area contributed by atoms with E-state index < -0.39 is 6.10 Å². The molecule has 0 aliphatic heterocycles. The van der Waals surface area contributed by atoms with E-state index in [1.807, 2.05) is 6.08 Å². The quantitative estimate of drug-likeness (QED) is 0.697. The number of hydrogen-bond acceptors (Lipinski definition) is 3. The van der Waals surface area contributed by atoms with Crippen LogP contribution in [0.15, 0.2) is 11.6 Å². The molecule has 0 N–H and O–H groups in total. The third-order valence-electron chi connectivity index (χ3n) is 7.66. The van der Waals surface area contributed by atoms with E-state index in [-0.39, 0.29) is 11.8 Å². The van der Waals surface area contributed by atoms with Crippen LogP contribution in [0.4, 0.5) is 0 Å². The first-order chi connectivity index (χ1) is 11.3. The minimum atomic E-state index is -0.555. The molecule has 7 atom stereocenters. The van der Waals surface area contributed by atoms with Gasteiger partial charge in [0.15, 0.2) is 11.9 Å². The highest BCUT2D eigenvalue weighted by Crippen LogP contribution is 2.58. The molecule has 0 aromatic carbocycles. The van der Waals surface area contributed by atoms with Gasteiger partial charge in [0.2, 0.25) is 0 Å². The Bertz CT molecular complexity index is 563. The van der Waals surface area contributed by atoms with Crippen molar-refractivity contribution in [2.24, 2.45) is 35.0 Å². The first-order valence-corrected chi connectivity index (χ1v) is 9.68. The number of hydrogen-bond donors (Lipinski definition) is 0. The number of ether oxygens (including phenoxy) is 1. The number of allylic oxidation sites excluding steroid dienone is 1. The van der Waals surface area contributed by atoms with E-state index in [2.05, 4.69) is 27.7 Å². The molecule has 0 amide bonds. The average molecular weight is 332 g/mol. The molecule has 2 unspecified atom stereocenters. The molecule has 2 fully saturated rings. The molecular formula is C21H32O3. The van der Waals surface area contributed by atoms with Gasteiger partial charge in [0, 0.05) is 6.92 Å². The van der Waals surface area contributed by atoms with E-state index in [4.69, 9.17) is 4.74 Å². The first kappa shape index (κ1) is 17.7. The molecule has 3 heteroatoms. The zero-order chi connectivity index (χ0) is 17.6. The molecule has 3 aliphatic carbocycles. The van der Waals surface area contributed by atoms with Gasteiger partial charge in [0.25, 0.3) is 0 Å². The number of ketones is 1. The van der Waals surface area contributed by atoms with E-state index >= 15 is 0 Å². The first-order valence-electron chi connectivity index (χ1n) is 9.68. The molecule has 0 bridgehead atoms. The average Bonchev–Trinajstić information content (AvgIpc) is 2.51. The summed E-state index contributed by atoms with van der Waals surface area (Å²) in [7, 11) is 0. The molecular weight excluding hydrogens is 300 g/mol. The predicted molar refractivity (Wildman–Crippen MR) is 94.3 cm³/mol. The minimum absolute atomic E-state index is 0.00986. The molecule has 3 rings (SSSR count). The smallest absolute Gasteiger partial charge is 0.303 e. The van der Waals surface area contributed by atoms with Crippen molar-refractivity contribution in [3.05, 3.63) is 11.6 Å². The Morgan fingerprint density at radius 3 is 2.71 bits per heavy atom. The normalized spacial score (nSPS) is 45.0. The lowest BCUT2D eigenvalue weighted by Crippen LogP contribution is -2.50. The summed E-state index contributed by atoms with van der Waals surface area (Å²) < 4.78 is 5.31. The van der Waals surface area contributed by atoms with Gasteiger partial charge in [-0.1, -0.05) is 39.7 Å². The molecule has 0 spiro atoms. The minimum Gasteiger partial charge on any atom is -0.454 e. The molecule has 3 nitrogen and oxygen atoms in total. The fourth-order valence-electron chi connectivity index (χ4n) is 5.99. The van der Waals surface area contributed by atoms with Crippen LogP contribution in [-0.4, -0.2) is 17.9 Å². The number of carbonyl (C=O) groups excluding carboxylic acids is 2. The SMILES string of the molecule is CC[C@@]1(C)CC[C@H]2[C@H](C1C)[C@H](C)CC1=CC(=O)C(OC(C)=O)C[C@@H]12. The monoisotopic (exact) mass is 332 g/mol. The molecule has 0 aromatic rings. The maximum Gasteiger partial charge on any atom is 0.303 e. The molecule has 0 aromatic heterocycles. The molecule has 0 radical (unpaired) electrons. The van der Waals surface area contributed by atoms with Gasteiger partial charge in [0.05, 0.1) is 0 Å². The second-order valence-electron chi connectivity index (χ2n) is 8.82. The summed E-state index contributed by atoms with van der Waals surface area (Å²) in [5.74, 6) is 2.78. The fraction of sp³-hybridized carbons (Fsp3) is 0.810. The van der Waals surface area contributed by atoms with E-state index in [9.17, 15) is 9.59 Å². The topological polar surface area (TPSA) is 43.4 Å². The second kappa shape index (κ2) is 6.31. The van der Waals surface area contributed by atoms with Crippen molar-refractivity contribution in [1.82, 2.24) is 0 Å². The molecule has 3 aliphatic rings. The summed E-state index contributed by atoms with van der Waals surface area (Å²) in [6.07, 6.45) is 6.75. The summed E-state index contributed by atoms with van der Waals surface area (Å²) in [4.78, 5) is 23.6. The Hall–Kier alpha value is -1.12. The lowest BCUT2D eigenvalue weighted by atomic mass is 9.49. The summed E-state index contributed by atoms with van der Waals surface area (Å²) >= 11 is 0. The van der Waals surface area contributed by atoms with Crippen LogP contribution in [0.2, 0.25) is 0 Å². The van der Waals surface area contributed by atoms with Gasteiger partial charge in [-0.05, 0) is 66.8 Å². The Kier molecular flexibility index (Phi) is 4.65. The maximum absolute atomic E-state index is 12.3. The van der Waals surface area contributed by atoms with Crippen LogP contribution in [0.25, 0.3) is 0 Å². The van der Waals surface area contributed by atoms with E-state index in [0.29, 0.717) is 35.5 Å². The summed E-state index contributed by atoms with van der Waals surface area (Å²) in [6, 6.07) is 0. The van der Waals surface area contributed by atoms with Crippen LogP contribution in [-0.2, 0) is 14.3 Å². The number of esters is 1. The van der Waals surface area contributed by atoms with E-state index in [1.54, 1.807) is 0 Å². The van der Waals surface area contributed by atoms with Crippen molar-refractivity contribution in [2.45, 2.75) is 72.8 Å². The fourth-order valence-corrected chi connectivity index (χ4v) is 5.99. The third-order valence-corrected chi connectivity index (χ3v) is 7.66. The van der Waals surface area contributed by atoms with Crippen molar-refractivity contribution in [2.75, 3.05) is 0 Å². The van der Waals surface area contributed by atoms with Gasteiger partial charge in [0.1, 0.15) is 0 Å². The molecule has 2 saturated carbocycles. The Morgan fingerprint density at radius 1 is 1.38 bits per heavy atom. The number of fused-ring (bicyclic) bond motifs is 3. The van der Waals surface area contributed by atoms with Crippen LogP contribution in [0.1, 0.15) is 66.7 Å². The van der Waals surface area contributed by atoms with Crippen LogP contribution < -0.4 is 0 Å². The Labute approximate surface area is 146 Å². The lowest BCUT2D eigenvalue weighted by Gasteiger charge is -2.56. The highest BCUT2D eigenvalue weighted by molar-refractivity contribution is 5.96. The van der Waals surface area contributed by atoms with Gasteiger partial charge < -0.3 is 4.74 Å². The van der Waals surface area contributed by atoms with Gasteiger partial charge in [-0.2, -0.15) is 0 Å². The number of carbonyl (C=O) groups is 2. The molecule has 0 heterocycles. The van der Waals surface area contributed by atoms with Crippen LogP contribution in [0.5, 0.6) is 0 Å². The van der Waals surface area contributed by atoms with Crippen LogP contribution in [0, 0.1) is 35.0 Å². The molecule has 24 heavy (non-hydrogen) atoms. The lowest BCUT2D eigenvalue weighted by molar-refractivity contribution is -0.154. The van der Waals surface area contributed by atoms with Crippen molar-refractivity contribution >= 4 is 11.8 Å². The van der Waals surface area contributed by atoms with Crippen molar-refractivity contribution in [3.63, 3.8) is 0 Å². The summed E-state index contributed by atoms with van der Waals surface area (Å²) in [6.45, 7) is 11.0. The van der Waals surface area contributed by atoms with Crippen molar-refractivity contribution in [1.29, 1.82) is 0 Å². The zero-order valence-electron chi connectivity index (χ0n) is 15.8. The van der Waals surface area contributed by atoms with Crippen LogP contribution in [0.3, 0.4) is 0 Å². The highest BCUT2D eigenvalue weighted by Gasteiger charge is 2.52. The van der Waals surface area contributed by atoms with Crippen LogP contribution >= 0.6 is 0 Å². The van der Waals surface area contributed by atoms with Crippen molar-refractivity contribution < 1.29 is 14.3 Å². The zero-order valence-corrected chi connectivity index (χ0v) is 15.8. The Balaban J connectivity index is 1.88.